The molecule has 21 heavy (non-hydrogen) atoms. The minimum Gasteiger partial charge on any atom is -0.253 e. The zero-order valence-electron chi connectivity index (χ0n) is 12.0. The van der Waals surface area contributed by atoms with Gasteiger partial charge in [0, 0.05) is 34.8 Å². The van der Waals surface area contributed by atoms with Crippen LogP contribution in [0.2, 0.25) is 0 Å². The standard InChI is InChI=1S/C13H19FN2O3S2/c1-10(12-3-5-13(14)6-4-12)21(18,19)16-7-11(8-16)9-20(2,15)17/h3-6,10-11,15H,7-9H2,1-2H3. The van der Waals surface area contributed by atoms with Crippen LogP contribution in [0.25, 0.3) is 0 Å². The third-order valence-electron chi connectivity index (χ3n) is 3.62. The van der Waals surface area contributed by atoms with Crippen LogP contribution in [0.4, 0.5) is 4.39 Å². The number of hydrogen-bond acceptors (Lipinski definition) is 4. The minimum atomic E-state index is -3.50. The molecule has 2 rings (SSSR count). The van der Waals surface area contributed by atoms with Gasteiger partial charge in [-0.15, -0.1) is 0 Å². The third kappa shape index (κ3) is 3.81. The quantitative estimate of drug-likeness (QED) is 0.892. The second kappa shape index (κ2) is 5.66. The molecule has 1 fully saturated rings. The molecular weight excluding hydrogens is 315 g/mol. The molecule has 1 heterocycles. The number of benzene rings is 1. The van der Waals surface area contributed by atoms with Crippen LogP contribution < -0.4 is 0 Å². The predicted octanol–water partition coefficient (Wildman–Crippen LogP) is 1.82. The van der Waals surface area contributed by atoms with Crippen molar-refractivity contribution in [3.8, 4) is 0 Å². The van der Waals surface area contributed by atoms with Gasteiger partial charge in [-0.1, -0.05) is 12.1 Å². The molecule has 1 aromatic rings. The van der Waals surface area contributed by atoms with Crippen LogP contribution in [0.3, 0.4) is 0 Å². The van der Waals surface area contributed by atoms with Gasteiger partial charge < -0.3 is 0 Å². The Balaban J connectivity index is 2.05. The summed E-state index contributed by atoms with van der Waals surface area (Å²) in [6.07, 6.45) is 1.37. The summed E-state index contributed by atoms with van der Waals surface area (Å²) in [5.41, 5.74) is 0.541. The lowest BCUT2D eigenvalue weighted by molar-refractivity contribution is 0.219. The van der Waals surface area contributed by atoms with Gasteiger partial charge in [-0.05, 0) is 30.5 Å². The zero-order valence-corrected chi connectivity index (χ0v) is 13.6. The van der Waals surface area contributed by atoms with Gasteiger partial charge in [-0.2, -0.15) is 0 Å². The summed E-state index contributed by atoms with van der Waals surface area (Å²) in [5.74, 6) is -0.195. The molecule has 0 amide bonds. The van der Waals surface area contributed by atoms with E-state index in [-0.39, 0.29) is 11.7 Å². The van der Waals surface area contributed by atoms with E-state index in [1.54, 1.807) is 6.92 Å². The maximum absolute atomic E-state index is 12.9. The van der Waals surface area contributed by atoms with Crippen LogP contribution in [-0.4, -0.2) is 42.0 Å². The molecule has 1 saturated heterocycles. The van der Waals surface area contributed by atoms with Gasteiger partial charge in [0.1, 0.15) is 5.82 Å². The van der Waals surface area contributed by atoms with Crippen molar-refractivity contribution in [2.24, 2.45) is 5.92 Å². The molecule has 0 aliphatic carbocycles. The first-order valence-corrected chi connectivity index (χ1v) is 10.2. The molecule has 0 aromatic heterocycles. The predicted molar refractivity (Wildman–Crippen MR) is 80.5 cm³/mol. The lowest BCUT2D eigenvalue weighted by Gasteiger charge is -2.39. The molecule has 1 aromatic carbocycles. The third-order valence-corrected chi connectivity index (χ3v) is 6.91. The molecule has 1 aliphatic rings. The molecule has 1 aliphatic heterocycles. The molecule has 2 atom stereocenters. The molecule has 118 valence electrons. The van der Waals surface area contributed by atoms with Gasteiger partial charge in [0.2, 0.25) is 10.0 Å². The fourth-order valence-electron chi connectivity index (χ4n) is 2.41. The number of halogens is 1. The van der Waals surface area contributed by atoms with Crippen LogP contribution in [-0.2, 0) is 19.8 Å². The average Bonchev–Trinajstić information content (AvgIpc) is 2.32. The lowest BCUT2D eigenvalue weighted by atomic mass is 10.1. The maximum atomic E-state index is 12.9. The largest absolute Gasteiger partial charge is 0.253 e. The Labute approximate surface area is 125 Å². The Morgan fingerprint density at radius 2 is 1.81 bits per heavy atom. The summed E-state index contributed by atoms with van der Waals surface area (Å²) in [5, 5.41) is -0.749. The number of rotatable bonds is 5. The van der Waals surface area contributed by atoms with Gasteiger partial charge in [-0.25, -0.2) is 17.1 Å². The Hall–Kier alpha value is -0.990. The zero-order chi connectivity index (χ0) is 15.8. The van der Waals surface area contributed by atoms with E-state index in [1.807, 2.05) is 0 Å². The van der Waals surface area contributed by atoms with Crippen molar-refractivity contribution in [1.82, 2.24) is 4.31 Å². The molecule has 1 N–H and O–H groups in total. The highest BCUT2D eigenvalue weighted by atomic mass is 32.2. The van der Waals surface area contributed by atoms with Gasteiger partial charge in [0.05, 0.1) is 5.25 Å². The SMILES string of the molecule is CC(c1ccc(F)cc1)S(=O)(=O)N1CC(CS(C)(=N)=O)C1. The van der Waals surface area contributed by atoms with E-state index in [1.165, 1.54) is 34.8 Å². The first kappa shape index (κ1) is 16.4. The smallest absolute Gasteiger partial charge is 0.220 e. The number of hydrogen-bond donors (Lipinski definition) is 1. The fraction of sp³-hybridized carbons (Fsp3) is 0.538. The van der Waals surface area contributed by atoms with E-state index in [4.69, 9.17) is 4.78 Å². The summed E-state index contributed by atoms with van der Waals surface area (Å²) >= 11 is 0. The summed E-state index contributed by atoms with van der Waals surface area (Å²) in [7, 11) is -6.09. The Kier molecular flexibility index (Phi) is 4.41. The molecule has 5 nitrogen and oxygen atoms in total. The summed E-state index contributed by atoms with van der Waals surface area (Å²) in [6, 6.07) is 5.42. The van der Waals surface area contributed by atoms with Crippen LogP contribution in [0, 0.1) is 16.5 Å². The summed E-state index contributed by atoms with van der Waals surface area (Å²) in [4.78, 5) is 0. The molecule has 0 spiro atoms. The number of nitrogens with zero attached hydrogens (tertiary/aromatic N) is 1. The van der Waals surface area contributed by atoms with Gasteiger partial charge >= 0.3 is 0 Å². The molecule has 2 unspecified atom stereocenters. The van der Waals surface area contributed by atoms with Gasteiger partial charge in [0.15, 0.2) is 0 Å². The molecule has 0 saturated carbocycles. The fourth-order valence-corrected chi connectivity index (χ4v) is 5.31. The van der Waals surface area contributed by atoms with Gasteiger partial charge in [-0.3, -0.25) is 8.99 Å². The maximum Gasteiger partial charge on any atom is 0.220 e. The first-order valence-electron chi connectivity index (χ1n) is 6.55. The molecular formula is C13H19FN2O3S2. The Bertz CT molecular complexity index is 708. The van der Waals surface area contributed by atoms with E-state index in [9.17, 15) is 17.0 Å². The average molecular weight is 334 g/mol. The normalized spacial score (nSPS) is 21.5. The van der Waals surface area contributed by atoms with Crippen molar-refractivity contribution >= 4 is 19.8 Å². The number of sulfonamides is 1. The molecule has 8 heteroatoms. The van der Waals surface area contributed by atoms with Crippen LogP contribution in [0.5, 0.6) is 0 Å². The molecule has 0 radical (unpaired) electrons. The van der Waals surface area contributed by atoms with E-state index >= 15 is 0 Å². The lowest BCUT2D eigenvalue weighted by Crippen LogP contribution is -2.52. The van der Waals surface area contributed by atoms with Crippen molar-refractivity contribution in [2.75, 3.05) is 25.1 Å². The molecule has 0 bridgehead atoms. The van der Waals surface area contributed by atoms with Crippen molar-refractivity contribution in [1.29, 1.82) is 4.78 Å². The summed E-state index contributed by atoms with van der Waals surface area (Å²) < 4.78 is 57.9. The highest BCUT2D eigenvalue weighted by Gasteiger charge is 2.39. The van der Waals surface area contributed by atoms with E-state index in [2.05, 4.69) is 0 Å². The second-order valence-electron chi connectivity index (χ2n) is 5.59. The van der Waals surface area contributed by atoms with E-state index in [0.29, 0.717) is 18.7 Å². The minimum absolute atomic E-state index is 0.0183. The van der Waals surface area contributed by atoms with Crippen LogP contribution >= 0.6 is 0 Å². The highest BCUT2D eigenvalue weighted by molar-refractivity contribution is 7.91. The Morgan fingerprint density at radius 1 is 1.29 bits per heavy atom. The van der Waals surface area contributed by atoms with Crippen molar-refractivity contribution < 1.29 is 17.0 Å². The van der Waals surface area contributed by atoms with E-state index < -0.39 is 30.8 Å². The van der Waals surface area contributed by atoms with E-state index in [0.717, 1.165) is 0 Å². The first-order chi connectivity index (χ1) is 9.59. The highest BCUT2D eigenvalue weighted by Crippen LogP contribution is 2.30. The van der Waals surface area contributed by atoms with Crippen LogP contribution in [0.1, 0.15) is 17.7 Å². The van der Waals surface area contributed by atoms with Crippen LogP contribution in [0.15, 0.2) is 24.3 Å². The van der Waals surface area contributed by atoms with Crippen molar-refractivity contribution in [2.45, 2.75) is 12.2 Å². The summed E-state index contributed by atoms with van der Waals surface area (Å²) in [6.45, 7) is 2.18. The van der Waals surface area contributed by atoms with Gasteiger partial charge in [0.25, 0.3) is 0 Å². The van der Waals surface area contributed by atoms with Crippen molar-refractivity contribution in [3.05, 3.63) is 35.6 Å². The van der Waals surface area contributed by atoms with Crippen molar-refractivity contribution in [3.63, 3.8) is 0 Å². The second-order valence-corrected chi connectivity index (χ2v) is 10.2. The monoisotopic (exact) mass is 334 g/mol. The Morgan fingerprint density at radius 3 is 2.29 bits per heavy atom. The number of nitrogens with one attached hydrogen (secondary N) is 1. The topological polar surface area (TPSA) is 78.3 Å².